The Morgan fingerprint density at radius 1 is 1.04 bits per heavy atom. The second-order valence-electron chi connectivity index (χ2n) is 5.28. The summed E-state index contributed by atoms with van der Waals surface area (Å²) in [5.74, 6) is 0.768. The van der Waals surface area contributed by atoms with Crippen LogP contribution in [0.2, 0.25) is 0 Å². The van der Waals surface area contributed by atoms with Gasteiger partial charge >= 0.3 is 5.97 Å². The Morgan fingerprint density at radius 3 is 2.25 bits per heavy atom. The second-order valence-corrected chi connectivity index (χ2v) is 5.28. The average Bonchev–Trinajstić information content (AvgIpc) is 2.57. The highest BCUT2D eigenvalue weighted by Gasteiger charge is 2.07. The molecule has 0 saturated heterocycles. The second kappa shape index (κ2) is 8.01. The molecule has 0 atom stereocenters. The first-order valence-corrected chi connectivity index (χ1v) is 7.37. The quantitative estimate of drug-likeness (QED) is 0.381. The van der Waals surface area contributed by atoms with Crippen molar-refractivity contribution >= 4 is 11.8 Å². The lowest BCUT2D eigenvalue weighted by Crippen LogP contribution is -2.18. The molecule has 2 aromatic carbocycles. The maximum atomic E-state index is 11.7. The van der Waals surface area contributed by atoms with Crippen molar-refractivity contribution < 1.29 is 19.1 Å². The van der Waals surface area contributed by atoms with Crippen LogP contribution in [0.3, 0.4) is 0 Å². The molecule has 2 N–H and O–H groups in total. The Bertz CT molecular complexity index is 719. The summed E-state index contributed by atoms with van der Waals surface area (Å²) in [6.07, 6.45) is 0. The predicted octanol–water partition coefficient (Wildman–Crippen LogP) is 2.55. The van der Waals surface area contributed by atoms with Crippen molar-refractivity contribution in [3.63, 3.8) is 0 Å². The summed E-state index contributed by atoms with van der Waals surface area (Å²) < 4.78 is 10.5. The van der Waals surface area contributed by atoms with Gasteiger partial charge in [0.2, 0.25) is 0 Å². The van der Waals surface area contributed by atoms with E-state index in [0.29, 0.717) is 17.1 Å². The number of methoxy groups -OCH3 is 1. The van der Waals surface area contributed by atoms with E-state index in [9.17, 15) is 4.79 Å². The van der Waals surface area contributed by atoms with Gasteiger partial charge in [0.1, 0.15) is 11.5 Å². The van der Waals surface area contributed by atoms with Crippen LogP contribution in [-0.2, 0) is 9.63 Å². The molecule has 0 aliphatic heterocycles. The zero-order chi connectivity index (χ0) is 17.5. The van der Waals surface area contributed by atoms with Gasteiger partial charge in [0.15, 0.2) is 12.4 Å². The molecule has 0 heterocycles. The molecule has 2 rings (SSSR count). The number of nitrogens with zero attached hydrogens (tertiary/aromatic N) is 1. The van der Waals surface area contributed by atoms with E-state index in [-0.39, 0.29) is 12.4 Å². The maximum absolute atomic E-state index is 11.7. The molecule has 2 aromatic rings. The Balaban J connectivity index is 1.89. The van der Waals surface area contributed by atoms with Gasteiger partial charge < -0.3 is 20.0 Å². The molecule has 6 nitrogen and oxygen atoms in total. The first kappa shape index (κ1) is 17.3. The van der Waals surface area contributed by atoms with Crippen LogP contribution in [-0.4, -0.2) is 25.5 Å². The average molecular weight is 328 g/mol. The molecule has 0 amide bonds. The van der Waals surface area contributed by atoms with E-state index in [1.54, 1.807) is 31.4 Å². The Kier molecular flexibility index (Phi) is 5.78. The van der Waals surface area contributed by atoms with Crippen LogP contribution in [0.15, 0.2) is 47.6 Å². The fourth-order valence-electron chi connectivity index (χ4n) is 2.10. The summed E-state index contributed by atoms with van der Waals surface area (Å²) in [6.45, 7) is 3.67. The van der Waals surface area contributed by atoms with Crippen molar-refractivity contribution in [2.24, 2.45) is 10.9 Å². The lowest BCUT2D eigenvalue weighted by molar-refractivity contribution is -0.146. The highest BCUT2D eigenvalue weighted by atomic mass is 16.7. The van der Waals surface area contributed by atoms with Gasteiger partial charge in [0.25, 0.3) is 0 Å². The van der Waals surface area contributed by atoms with Gasteiger partial charge in [0.05, 0.1) is 7.11 Å². The van der Waals surface area contributed by atoms with Crippen molar-refractivity contribution in [2.75, 3.05) is 13.7 Å². The Hall–Kier alpha value is -3.02. The summed E-state index contributed by atoms with van der Waals surface area (Å²) >= 11 is 0. The number of hydrogen-bond acceptors (Lipinski definition) is 5. The van der Waals surface area contributed by atoms with Gasteiger partial charge in [-0.25, -0.2) is 4.79 Å². The van der Waals surface area contributed by atoms with Gasteiger partial charge in [-0.3, -0.25) is 0 Å². The molecule has 0 spiro atoms. The maximum Gasteiger partial charge on any atom is 0.372 e. The fourth-order valence-corrected chi connectivity index (χ4v) is 2.10. The number of benzene rings is 2. The normalized spacial score (nSPS) is 11.0. The minimum Gasteiger partial charge on any atom is -0.497 e. The monoisotopic (exact) mass is 328 g/mol. The molecule has 0 fully saturated rings. The molecule has 0 aliphatic carbocycles. The highest BCUT2D eigenvalue weighted by Crippen LogP contribution is 2.16. The molecule has 0 unspecified atom stereocenters. The van der Waals surface area contributed by atoms with Crippen molar-refractivity contribution in [1.82, 2.24) is 0 Å². The zero-order valence-electron chi connectivity index (χ0n) is 13.9. The first-order valence-electron chi connectivity index (χ1n) is 7.37. The SMILES string of the molecule is COc1ccc(C(N)=NOC(=O)COc2cc(C)cc(C)c2)cc1. The molecule has 0 bridgehead atoms. The summed E-state index contributed by atoms with van der Waals surface area (Å²) in [4.78, 5) is 16.5. The summed E-state index contributed by atoms with van der Waals surface area (Å²) in [7, 11) is 1.57. The lowest BCUT2D eigenvalue weighted by Gasteiger charge is -2.07. The van der Waals surface area contributed by atoms with E-state index in [4.69, 9.17) is 20.0 Å². The number of ether oxygens (including phenoxy) is 2. The van der Waals surface area contributed by atoms with E-state index in [1.807, 2.05) is 32.0 Å². The van der Waals surface area contributed by atoms with Crippen LogP contribution in [0.5, 0.6) is 11.5 Å². The molecule has 0 saturated carbocycles. The first-order chi connectivity index (χ1) is 11.5. The predicted molar refractivity (Wildman–Crippen MR) is 91.2 cm³/mol. The minimum atomic E-state index is -0.634. The van der Waals surface area contributed by atoms with E-state index < -0.39 is 5.97 Å². The number of hydrogen-bond donors (Lipinski definition) is 1. The molecule has 0 aromatic heterocycles. The number of oxime groups is 1. The van der Waals surface area contributed by atoms with E-state index in [2.05, 4.69) is 5.16 Å². The van der Waals surface area contributed by atoms with Gasteiger partial charge in [-0.2, -0.15) is 0 Å². The van der Waals surface area contributed by atoms with Crippen molar-refractivity contribution in [3.8, 4) is 11.5 Å². The number of carbonyl (C=O) groups is 1. The van der Waals surface area contributed by atoms with Crippen LogP contribution in [0.1, 0.15) is 16.7 Å². The number of rotatable bonds is 6. The Morgan fingerprint density at radius 2 is 1.67 bits per heavy atom. The number of amidine groups is 1. The van der Waals surface area contributed by atoms with Crippen LogP contribution in [0.25, 0.3) is 0 Å². The number of carbonyl (C=O) groups excluding carboxylic acids is 1. The molecule has 0 aliphatic rings. The molecule has 6 heteroatoms. The van der Waals surface area contributed by atoms with Crippen LogP contribution in [0.4, 0.5) is 0 Å². The smallest absolute Gasteiger partial charge is 0.372 e. The van der Waals surface area contributed by atoms with Gasteiger partial charge in [0, 0.05) is 5.56 Å². The summed E-state index contributed by atoms with van der Waals surface area (Å²) in [6, 6.07) is 12.6. The topological polar surface area (TPSA) is 83.1 Å². The Labute approximate surface area is 140 Å². The molecular formula is C18H20N2O4. The minimum absolute atomic E-state index is 0.0948. The van der Waals surface area contributed by atoms with Gasteiger partial charge in [-0.15, -0.1) is 0 Å². The highest BCUT2D eigenvalue weighted by molar-refractivity contribution is 5.97. The fraction of sp³-hybridized carbons (Fsp3) is 0.222. The summed E-state index contributed by atoms with van der Waals surface area (Å²) in [5, 5.41) is 3.62. The van der Waals surface area contributed by atoms with Gasteiger partial charge in [-0.1, -0.05) is 11.2 Å². The molecule has 126 valence electrons. The van der Waals surface area contributed by atoms with E-state index in [0.717, 1.165) is 11.1 Å². The van der Waals surface area contributed by atoms with E-state index in [1.165, 1.54) is 0 Å². The third-order valence-electron chi connectivity index (χ3n) is 3.18. The van der Waals surface area contributed by atoms with Crippen molar-refractivity contribution in [1.29, 1.82) is 0 Å². The molecular weight excluding hydrogens is 308 g/mol. The zero-order valence-corrected chi connectivity index (χ0v) is 13.9. The third-order valence-corrected chi connectivity index (χ3v) is 3.18. The summed E-state index contributed by atoms with van der Waals surface area (Å²) in [5.41, 5.74) is 8.51. The van der Waals surface area contributed by atoms with E-state index >= 15 is 0 Å². The van der Waals surface area contributed by atoms with Crippen molar-refractivity contribution in [3.05, 3.63) is 59.2 Å². The molecule has 24 heavy (non-hydrogen) atoms. The van der Waals surface area contributed by atoms with Crippen LogP contribution < -0.4 is 15.2 Å². The van der Waals surface area contributed by atoms with Crippen LogP contribution >= 0.6 is 0 Å². The third kappa shape index (κ3) is 5.01. The lowest BCUT2D eigenvalue weighted by atomic mass is 10.1. The number of nitrogens with two attached hydrogens (primary N) is 1. The largest absolute Gasteiger partial charge is 0.497 e. The molecule has 0 radical (unpaired) electrons. The standard InChI is InChI=1S/C18H20N2O4/c1-12-8-13(2)10-16(9-12)23-11-17(21)24-20-18(19)14-4-6-15(22-3)7-5-14/h4-10H,11H2,1-3H3,(H2,19,20). The number of aryl methyl sites for hydroxylation is 2. The van der Waals surface area contributed by atoms with Crippen LogP contribution in [0, 0.1) is 13.8 Å². The van der Waals surface area contributed by atoms with Crippen molar-refractivity contribution in [2.45, 2.75) is 13.8 Å². The van der Waals surface area contributed by atoms with Gasteiger partial charge in [-0.05, 0) is 61.4 Å².